The van der Waals surface area contributed by atoms with Gasteiger partial charge in [0, 0.05) is 42.4 Å². The van der Waals surface area contributed by atoms with E-state index in [1.165, 1.54) is 23.1 Å². The number of furan rings is 1. The zero-order chi connectivity index (χ0) is 23.0. The summed E-state index contributed by atoms with van der Waals surface area (Å²) < 4.78 is 47.1. The molecule has 1 saturated heterocycles. The van der Waals surface area contributed by atoms with E-state index in [9.17, 15) is 22.8 Å². The quantitative estimate of drug-likeness (QED) is 0.529. The number of fused-ring (bicyclic) bond motifs is 1. The van der Waals surface area contributed by atoms with Crippen molar-refractivity contribution in [2.45, 2.75) is 25.3 Å². The van der Waals surface area contributed by atoms with E-state index in [0.717, 1.165) is 6.07 Å². The van der Waals surface area contributed by atoms with Gasteiger partial charge in [-0.1, -0.05) is 17.7 Å². The zero-order valence-electron chi connectivity index (χ0n) is 16.6. The Bertz CT molecular complexity index is 1200. The zero-order valence-corrected chi connectivity index (χ0v) is 17.4. The summed E-state index contributed by atoms with van der Waals surface area (Å²) in [6.45, 7) is -0.217. The van der Waals surface area contributed by atoms with Crippen LogP contribution in [0.2, 0.25) is 5.02 Å². The van der Waals surface area contributed by atoms with Crippen LogP contribution in [0.15, 0.2) is 40.8 Å². The van der Waals surface area contributed by atoms with Crippen LogP contribution in [-0.2, 0) is 6.54 Å². The Morgan fingerprint density at radius 3 is 2.53 bits per heavy atom. The average molecular weight is 467 g/mol. The van der Waals surface area contributed by atoms with Crippen LogP contribution in [-0.4, -0.2) is 41.0 Å². The van der Waals surface area contributed by atoms with Crippen LogP contribution in [0.25, 0.3) is 22.1 Å². The van der Waals surface area contributed by atoms with Gasteiger partial charge < -0.3 is 19.7 Å². The Hall–Kier alpha value is -3.20. The van der Waals surface area contributed by atoms with Gasteiger partial charge in [0.2, 0.25) is 0 Å². The van der Waals surface area contributed by atoms with Gasteiger partial charge in [-0.3, -0.25) is 4.79 Å². The van der Waals surface area contributed by atoms with E-state index >= 15 is 0 Å². The second-order valence-corrected chi connectivity index (χ2v) is 8.00. The molecule has 6 nitrogen and oxygen atoms in total. The monoisotopic (exact) mass is 466 g/mol. The SMILES string of the molecule is O=C(O)NCc1cc2cc(-c3ccc(C(=O)N4CCC(F)(F)CC4)cc3F)cc(Cl)c2o1. The third-order valence-electron chi connectivity index (χ3n) is 5.35. The first-order valence-corrected chi connectivity index (χ1v) is 10.2. The van der Waals surface area contributed by atoms with Crippen molar-refractivity contribution in [1.82, 2.24) is 10.2 Å². The normalized spacial score (nSPS) is 15.7. The lowest BCUT2D eigenvalue weighted by Gasteiger charge is -2.31. The van der Waals surface area contributed by atoms with E-state index in [1.807, 2.05) is 0 Å². The molecule has 0 unspecified atom stereocenters. The van der Waals surface area contributed by atoms with E-state index in [-0.39, 0.29) is 35.8 Å². The van der Waals surface area contributed by atoms with E-state index in [2.05, 4.69) is 5.32 Å². The van der Waals surface area contributed by atoms with E-state index in [4.69, 9.17) is 21.1 Å². The molecule has 10 heteroatoms. The first-order chi connectivity index (χ1) is 15.1. The molecular weight excluding hydrogens is 449 g/mol. The Kier molecular flexibility index (Phi) is 5.77. The lowest BCUT2D eigenvalue weighted by atomic mass is 10.0. The van der Waals surface area contributed by atoms with Crippen LogP contribution in [0.4, 0.5) is 18.0 Å². The third-order valence-corrected chi connectivity index (χ3v) is 5.63. The Balaban J connectivity index is 1.58. The van der Waals surface area contributed by atoms with Crippen LogP contribution in [0.5, 0.6) is 0 Å². The highest BCUT2D eigenvalue weighted by Crippen LogP contribution is 2.34. The molecule has 32 heavy (non-hydrogen) atoms. The molecule has 1 aromatic heterocycles. The van der Waals surface area contributed by atoms with E-state index in [0.29, 0.717) is 22.3 Å². The molecule has 4 rings (SSSR count). The second kappa shape index (κ2) is 8.38. The summed E-state index contributed by atoms with van der Waals surface area (Å²) in [6.07, 6.45) is -2.02. The van der Waals surface area contributed by atoms with Crippen molar-refractivity contribution in [3.8, 4) is 11.1 Å². The van der Waals surface area contributed by atoms with Gasteiger partial charge in [0.05, 0.1) is 11.6 Å². The summed E-state index contributed by atoms with van der Waals surface area (Å²) >= 11 is 6.27. The fourth-order valence-corrected chi connectivity index (χ4v) is 3.94. The summed E-state index contributed by atoms with van der Waals surface area (Å²) in [5.74, 6) is -3.59. The average Bonchev–Trinajstić information content (AvgIpc) is 3.15. The molecule has 0 atom stereocenters. The van der Waals surface area contributed by atoms with Gasteiger partial charge in [0.15, 0.2) is 5.58 Å². The first-order valence-electron chi connectivity index (χ1n) is 9.79. The number of carbonyl (C=O) groups excluding carboxylic acids is 1. The van der Waals surface area contributed by atoms with Gasteiger partial charge >= 0.3 is 6.09 Å². The van der Waals surface area contributed by atoms with Gasteiger partial charge in [-0.15, -0.1) is 0 Å². The number of likely N-dealkylation sites (tertiary alicyclic amines) is 1. The Morgan fingerprint density at radius 2 is 1.88 bits per heavy atom. The molecule has 0 bridgehead atoms. The maximum absolute atomic E-state index is 14.9. The Labute approximate surface area is 185 Å². The van der Waals surface area contributed by atoms with Crippen LogP contribution in [0.1, 0.15) is 29.0 Å². The second-order valence-electron chi connectivity index (χ2n) is 7.59. The van der Waals surface area contributed by atoms with E-state index < -0.39 is 36.6 Å². The number of piperidine rings is 1. The minimum absolute atomic E-state index is 0.0523. The number of hydrogen-bond donors (Lipinski definition) is 2. The maximum atomic E-state index is 14.9. The Morgan fingerprint density at radius 1 is 1.16 bits per heavy atom. The molecule has 0 aliphatic carbocycles. The number of carboxylic acid groups (broad SMARTS) is 1. The molecule has 1 aliphatic heterocycles. The summed E-state index contributed by atoms with van der Waals surface area (Å²) in [4.78, 5) is 24.5. The highest BCUT2D eigenvalue weighted by atomic mass is 35.5. The van der Waals surface area contributed by atoms with Crippen LogP contribution in [0, 0.1) is 5.82 Å². The van der Waals surface area contributed by atoms with Crippen LogP contribution >= 0.6 is 11.6 Å². The predicted octanol–water partition coefficient (Wildman–Crippen LogP) is 5.53. The molecule has 0 spiro atoms. The number of alkyl halides is 2. The fraction of sp³-hybridized carbons (Fsp3) is 0.273. The molecule has 0 saturated carbocycles. The number of benzene rings is 2. The van der Waals surface area contributed by atoms with Crippen molar-refractivity contribution >= 4 is 34.6 Å². The minimum Gasteiger partial charge on any atom is -0.465 e. The molecule has 2 aromatic carbocycles. The topological polar surface area (TPSA) is 82.8 Å². The summed E-state index contributed by atoms with van der Waals surface area (Å²) in [7, 11) is 0. The van der Waals surface area contributed by atoms with Gasteiger partial charge in [0.25, 0.3) is 11.8 Å². The molecule has 3 aromatic rings. The number of rotatable bonds is 4. The van der Waals surface area contributed by atoms with Gasteiger partial charge in [-0.05, 0) is 35.9 Å². The van der Waals surface area contributed by atoms with Gasteiger partial charge in [-0.2, -0.15) is 0 Å². The molecule has 1 aliphatic rings. The number of halogens is 4. The molecule has 2 N–H and O–H groups in total. The number of hydrogen-bond acceptors (Lipinski definition) is 3. The number of carbonyl (C=O) groups is 2. The maximum Gasteiger partial charge on any atom is 0.405 e. The highest BCUT2D eigenvalue weighted by molar-refractivity contribution is 6.35. The lowest BCUT2D eigenvalue weighted by Crippen LogP contribution is -2.42. The molecule has 1 fully saturated rings. The molecule has 2 amide bonds. The van der Waals surface area contributed by atoms with Crippen molar-refractivity contribution in [2.24, 2.45) is 0 Å². The molecule has 0 radical (unpaired) electrons. The molecule has 168 valence electrons. The van der Waals surface area contributed by atoms with Crippen molar-refractivity contribution < 1.29 is 32.3 Å². The number of amides is 2. The highest BCUT2D eigenvalue weighted by Gasteiger charge is 2.35. The van der Waals surface area contributed by atoms with Gasteiger partial charge in [0.1, 0.15) is 11.6 Å². The summed E-state index contributed by atoms with van der Waals surface area (Å²) in [5.41, 5.74) is 1.05. The number of nitrogens with zero attached hydrogens (tertiary/aromatic N) is 1. The summed E-state index contributed by atoms with van der Waals surface area (Å²) in [5, 5.41) is 11.7. The predicted molar refractivity (Wildman–Crippen MR) is 112 cm³/mol. The molecule has 2 heterocycles. The van der Waals surface area contributed by atoms with Crippen molar-refractivity contribution in [1.29, 1.82) is 0 Å². The van der Waals surface area contributed by atoms with Crippen molar-refractivity contribution in [3.63, 3.8) is 0 Å². The molecular formula is C22H18ClF3N2O4. The first kappa shape index (κ1) is 22.0. The van der Waals surface area contributed by atoms with Crippen LogP contribution < -0.4 is 5.32 Å². The van der Waals surface area contributed by atoms with Crippen molar-refractivity contribution in [2.75, 3.05) is 13.1 Å². The van der Waals surface area contributed by atoms with Crippen molar-refractivity contribution in [3.05, 3.63) is 58.6 Å². The largest absolute Gasteiger partial charge is 0.465 e. The third kappa shape index (κ3) is 4.52. The van der Waals surface area contributed by atoms with E-state index in [1.54, 1.807) is 12.1 Å². The lowest BCUT2D eigenvalue weighted by molar-refractivity contribution is -0.0494. The smallest absolute Gasteiger partial charge is 0.405 e. The van der Waals surface area contributed by atoms with Crippen LogP contribution in [0.3, 0.4) is 0 Å². The number of nitrogens with one attached hydrogen (secondary N) is 1. The van der Waals surface area contributed by atoms with Gasteiger partial charge in [-0.25, -0.2) is 18.0 Å². The minimum atomic E-state index is -2.78. The summed E-state index contributed by atoms with van der Waals surface area (Å²) in [6, 6.07) is 8.72. The fourth-order valence-electron chi connectivity index (χ4n) is 3.67. The standard InChI is InChI=1S/C22H18ClF3N2O4/c23-17-9-13(7-14-8-15(32-19(14)17)11-27-21(30)31)16-2-1-12(10-18(16)24)20(29)28-5-3-22(25,26)4-6-28/h1-2,7-10,27H,3-6,11H2,(H,30,31).